The number of rotatable bonds is 4. The number of phenolic OH excluding ortho intramolecular Hbond substituents is 2. The normalized spacial score (nSPS) is 24.4. The van der Waals surface area contributed by atoms with Gasteiger partial charge in [-0.15, -0.1) is 0 Å². The monoisotopic (exact) mass is 504 g/mol. The molecule has 2 aromatic heterocycles. The average Bonchev–Trinajstić information content (AvgIpc) is 2.81. The van der Waals surface area contributed by atoms with Crippen molar-refractivity contribution in [2.24, 2.45) is 0 Å². The van der Waals surface area contributed by atoms with Gasteiger partial charge < -0.3 is 48.2 Å². The predicted octanol–water partition coefficient (Wildman–Crippen LogP) is 0.687. The van der Waals surface area contributed by atoms with Crippen molar-refractivity contribution >= 4 is 38.7 Å². The molecule has 5 rings (SSSR count). The summed E-state index contributed by atoms with van der Waals surface area (Å²) >= 11 is 0. The van der Waals surface area contributed by atoms with Crippen LogP contribution in [-0.4, -0.2) is 64.2 Å². The number of hydrogen-bond acceptors (Lipinski definition) is 13. The number of methoxy groups -OCH3 is 1. The molecule has 4 N–H and O–H groups in total. The summed E-state index contributed by atoms with van der Waals surface area (Å²) in [6.07, 6.45) is -7.11. The van der Waals surface area contributed by atoms with Gasteiger partial charge in [0.15, 0.2) is 28.8 Å². The van der Waals surface area contributed by atoms with Gasteiger partial charge in [0.05, 0.1) is 24.0 Å². The van der Waals surface area contributed by atoms with Crippen molar-refractivity contribution in [2.45, 2.75) is 44.6 Å². The molecule has 36 heavy (non-hydrogen) atoms. The Balaban J connectivity index is 1.71. The minimum absolute atomic E-state index is 0.0126. The summed E-state index contributed by atoms with van der Waals surface area (Å²) in [6, 6.07) is 2.10. The molecule has 1 aliphatic rings. The highest BCUT2D eigenvalue weighted by molar-refractivity contribution is 6.22. The molecule has 0 aliphatic carbocycles. The summed E-state index contributed by atoms with van der Waals surface area (Å²) in [5.41, 5.74) is -2.52. The third-order valence-electron chi connectivity index (χ3n) is 6.03. The van der Waals surface area contributed by atoms with Gasteiger partial charge in [0.25, 0.3) is 0 Å². The zero-order chi connectivity index (χ0) is 26.0. The number of aliphatic hydroxyl groups excluding tert-OH is 2. The molecular formula is C23H20O13. The molecule has 0 saturated carbocycles. The average molecular weight is 504 g/mol. The minimum atomic E-state index is -1.75. The minimum Gasteiger partial charge on any atom is -0.504 e. The van der Waals surface area contributed by atoms with E-state index < -0.39 is 65.2 Å². The Morgan fingerprint density at radius 1 is 0.917 bits per heavy atom. The van der Waals surface area contributed by atoms with E-state index in [0.717, 1.165) is 19.1 Å². The van der Waals surface area contributed by atoms with Crippen molar-refractivity contribution in [1.29, 1.82) is 0 Å². The fraction of sp³-hybridized carbons (Fsp3) is 0.348. The van der Waals surface area contributed by atoms with E-state index in [1.54, 1.807) is 0 Å². The highest BCUT2D eigenvalue weighted by Gasteiger charge is 2.46. The number of carbonyl (C=O) groups is 1. The first-order chi connectivity index (χ1) is 17.0. The van der Waals surface area contributed by atoms with Crippen molar-refractivity contribution in [3.63, 3.8) is 0 Å². The van der Waals surface area contributed by atoms with Crippen molar-refractivity contribution in [2.75, 3.05) is 7.11 Å². The Morgan fingerprint density at radius 3 is 1.97 bits per heavy atom. The lowest BCUT2D eigenvalue weighted by Gasteiger charge is -2.40. The first kappa shape index (κ1) is 23.7. The quantitative estimate of drug-likeness (QED) is 0.172. The van der Waals surface area contributed by atoms with Gasteiger partial charge in [-0.1, -0.05) is 0 Å². The third kappa shape index (κ3) is 3.39. The second-order valence-corrected chi connectivity index (χ2v) is 8.32. The van der Waals surface area contributed by atoms with E-state index in [2.05, 4.69) is 0 Å². The van der Waals surface area contributed by atoms with Crippen LogP contribution in [-0.2, 0) is 14.3 Å². The molecule has 1 fully saturated rings. The van der Waals surface area contributed by atoms with Crippen LogP contribution in [0.1, 0.15) is 13.8 Å². The van der Waals surface area contributed by atoms with E-state index in [0.29, 0.717) is 0 Å². The van der Waals surface area contributed by atoms with E-state index in [1.165, 1.54) is 14.0 Å². The number of phenols is 2. The topological polar surface area (TPSA) is 195 Å². The Kier molecular flexibility index (Phi) is 5.43. The number of carbonyl (C=O) groups excluding carboxylic acids is 1. The second kappa shape index (κ2) is 8.26. The van der Waals surface area contributed by atoms with Crippen LogP contribution in [0, 0.1) is 0 Å². The fourth-order valence-corrected chi connectivity index (χ4v) is 4.45. The molecule has 0 amide bonds. The largest absolute Gasteiger partial charge is 0.504 e. The van der Waals surface area contributed by atoms with E-state index in [1.807, 2.05) is 0 Å². The summed E-state index contributed by atoms with van der Waals surface area (Å²) in [6.45, 7) is 2.59. The van der Waals surface area contributed by atoms with Crippen LogP contribution in [0.5, 0.6) is 23.0 Å². The van der Waals surface area contributed by atoms with Crippen LogP contribution in [0.25, 0.3) is 32.7 Å². The molecule has 13 heteroatoms. The van der Waals surface area contributed by atoms with Crippen LogP contribution in [0.15, 0.2) is 30.6 Å². The Morgan fingerprint density at radius 2 is 1.44 bits per heavy atom. The molecule has 5 atom stereocenters. The van der Waals surface area contributed by atoms with Crippen LogP contribution in [0.3, 0.4) is 0 Å². The highest BCUT2D eigenvalue weighted by atomic mass is 16.7. The second-order valence-electron chi connectivity index (χ2n) is 8.32. The number of benzene rings is 2. The van der Waals surface area contributed by atoms with Crippen molar-refractivity contribution in [3.05, 3.63) is 33.0 Å². The van der Waals surface area contributed by atoms with Gasteiger partial charge >= 0.3 is 17.2 Å². The molecule has 3 heterocycles. The van der Waals surface area contributed by atoms with E-state index in [-0.39, 0.29) is 38.5 Å². The summed E-state index contributed by atoms with van der Waals surface area (Å²) in [5, 5.41) is 41.7. The zero-order valence-electron chi connectivity index (χ0n) is 19.0. The van der Waals surface area contributed by atoms with Crippen LogP contribution < -0.4 is 20.7 Å². The first-order valence-corrected chi connectivity index (χ1v) is 10.7. The molecule has 0 unspecified atom stereocenters. The smallest absolute Gasteiger partial charge is 0.344 e. The maximum Gasteiger partial charge on any atom is 0.344 e. The fourth-order valence-electron chi connectivity index (χ4n) is 4.45. The number of hydrogen-bond donors (Lipinski definition) is 4. The molecule has 1 aliphatic heterocycles. The highest BCUT2D eigenvalue weighted by Crippen LogP contribution is 2.46. The van der Waals surface area contributed by atoms with Gasteiger partial charge in [-0.05, 0) is 19.1 Å². The Labute approximate surface area is 199 Å². The van der Waals surface area contributed by atoms with E-state index in [4.69, 9.17) is 27.8 Å². The molecule has 4 aromatic rings. The van der Waals surface area contributed by atoms with E-state index in [9.17, 15) is 34.8 Å². The summed E-state index contributed by atoms with van der Waals surface area (Å²) in [4.78, 5) is 36.9. The number of ether oxygens (including phenoxy) is 4. The SMILES string of the molecule is COc1c(O)cc2c(=O)oc3c(O[C@@H]4O[C@@H](C)[C@H](OC(C)=O)[C@@H](O)[C@H]4O)c(O)cc4c(=O)oc1c2c34. The molecule has 0 spiro atoms. The summed E-state index contributed by atoms with van der Waals surface area (Å²) in [7, 11) is 1.23. The molecular weight excluding hydrogens is 484 g/mol. The number of esters is 1. The Bertz CT molecular complexity index is 1620. The van der Waals surface area contributed by atoms with Crippen molar-refractivity contribution in [1.82, 2.24) is 0 Å². The van der Waals surface area contributed by atoms with Crippen molar-refractivity contribution < 1.29 is 53.0 Å². The van der Waals surface area contributed by atoms with Gasteiger partial charge in [0.2, 0.25) is 17.8 Å². The maximum absolute atomic E-state index is 12.8. The van der Waals surface area contributed by atoms with Crippen molar-refractivity contribution in [3.8, 4) is 23.0 Å². The van der Waals surface area contributed by atoms with Gasteiger partial charge in [-0.2, -0.15) is 0 Å². The van der Waals surface area contributed by atoms with E-state index >= 15 is 0 Å². The van der Waals surface area contributed by atoms with Crippen LogP contribution in [0.2, 0.25) is 0 Å². The van der Waals surface area contributed by atoms with Gasteiger partial charge in [0.1, 0.15) is 12.2 Å². The first-order valence-electron chi connectivity index (χ1n) is 10.7. The summed E-state index contributed by atoms with van der Waals surface area (Å²) in [5.74, 6) is -2.51. The molecule has 0 radical (unpaired) electrons. The Hall–Kier alpha value is -4.07. The van der Waals surface area contributed by atoms with Gasteiger partial charge in [-0.25, -0.2) is 9.59 Å². The summed E-state index contributed by atoms with van der Waals surface area (Å²) < 4.78 is 32.0. The molecule has 0 bridgehead atoms. The molecule has 13 nitrogen and oxygen atoms in total. The molecule has 2 aromatic carbocycles. The molecule has 190 valence electrons. The molecule has 1 saturated heterocycles. The standard InChI is InChI=1S/C23H20O13/c1-6-16(33-7(2)24)14(27)15(28)23(32-6)36-18-11(26)5-9-13-12-8(22(30)35-20(13)18)4-10(25)17(31-3)19(12)34-21(9)29/h4-6,14-16,23,25-28H,1-3H3/t6-,14-,15+,16-,23-/m0/s1. The van der Waals surface area contributed by atoms with Gasteiger partial charge in [-0.3, -0.25) is 4.79 Å². The maximum atomic E-state index is 12.8. The lowest BCUT2D eigenvalue weighted by Crippen LogP contribution is -2.59. The lowest BCUT2D eigenvalue weighted by molar-refractivity contribution is -0.272. The number of aromatic hydroxyl groups is 2. The van der Waals surface area contributed by atoms with Crippen LogP contribution >= 0.6 is 0 Å². The van der Waals surface area contributed by atoms with Gasteiger partial charge in [0, 0.05) is 17.7 Å². The van der Waals surface area contributed by atoms with Crippen LogP contribution in [0.4, 0.5) is 0 Å². The third-order valence-corrected chi connectivity index (χ3v) is 6.03. The zero-order valence-corrected chi connectivity index (χ0v) is 19.0. The lowest BCUT2D eigenvalue weighted by atomic mass is 9.99. The predicted molar refractivity (Wildman–Crippen MR) is 120 cm³/mol. The number of aliphatic hydroxyl groups is 2.